The first kappa shape index (κ1) is 22.2. The lowest BCUT2D eigenvalue weighted by Gasteiger charge is -2.19. The van der Waals surface area contributed by atoms with Gasteiger partial charge in [0.25, 0.3) is 5.56 Å². The van der Waals surface area contributed by atoms with E-state index in [9.17, 15) is 9.00 Å². The molecule has 1 aliphatic carbocycles. The Kier molecular flexibility index (Phi) is 7.83. The van der Waals surface area contributed by atoms with E-state index < -0.39 is 11.0 Å². The molecule has 1 atom stereocenters. The Morgan fingerprint density at radius 2 is 1.82 bits per heavy atom. The molecular formula is C21H31N3O3S. The van der Waals surface area contributed by atoms with Crippen LogP contribution in [0.25, 0.3) is 0 Å². The standard InChI is InChI=1S/C19H25N3O3S.C2H6/c1-14-4-6-15(7-5-14)20-16-12-18(24)22(2)13-17(16)21-26(25)19(9-10-19)8-3-11-23;1-2/h4-7,12-13,20-21,23H,3,8-11H2,1-2H3;1-2H3. The fraction of sp³-hybridized carbons (Fsp3) is 0.476. The fourth-order valence-corrected chi connectivity index (χ4v) is 4.27. The molecule has 1 aromatic heterocycles. The number of hydrogen-bond acceptors (Lipinski definition) is 4. The quantitative estimate of drug-likeness (QED) is 0.623. The summed E-state index contributed by atoms with van der Waals surface area (Å²) in [6.07, 6.45) is 4.82. The van der Waals surface area contributed by atoms with Crippen LogP contribution in [-0.2, 0) is 18.0 Å². The van der Waals surface area contributed by atoms with Crippen molar-refractivity contribution in [2.75, 3.05) is 16.6 Å². The molecular weight excluding hydrogens is 374 g/mol. The molecule has 3 N–H and O–H groups in total. The summed E-state index contributed by atoms with van der Waals surface area (Å²) in [4.78, 5) is 12.1. The zero-order valence-corrected chi connectivity index (χ0v) is 17.9. The number of aliphatic hydroxyl groups is 1. The number of anilines is 3. The molecule has 28 heavy (non-hydrogen) atoms. The highest BCUT2D eigenvalue weighted by Gasteiger charge is 2.48. The second-order valence-electron chi connectivity index (χ2n) is 6.92. The Bertz CT molecular complexity index is 858. The summed E-state index contributed by atoms with van der Waals surface area (Å²) in [5.41, 5.74) is 3.10. The molecule has 1 heterocycles. The summed E-state index contributed by atoms with van der Waals surface area (Å²) in [5.74, 6) is 0. The molecule has 0 spiro atoms. The van der Waals surface area contributed by atoms with Crippen LogP contribution in [-0.4, -0.2) is 25.2 Å². The molecule has 0 radical (unpaired) electrons. The van der Waals surface area contributed by atoms with E-state index in [4.69, 9.17) is 5.11 Å². The number of aromatic nitrogens is 1. The maximum absolute atomic E-state index is 12.9. The number of nitrogens with one attached hydrogen (secondary N) is 2. The van der Waals surface area contributed by atoms with E-state index >= 15 is 0 Å². The van der Waals surface area contributed by atoms with Gasteiger partial charge in [-0.25, -0.2) is 4.21 Å². The summed E-state index contributed by atoms with van der Waals surface area (Å²) in [5, 5.41) is 12.3. The van der Waals surface area contributed by atoms with Crippen LogP contribution in [0.2, 0.25) is 0 Å². The van der Waals surface area contributed by atoms with Gasteiger partial charge >= 0.3 is 0 Å². The van der Waals surface area contributed by atoms with Gasteiger partial charge in [0.05, 0.1) is 16.1 Å². The molecule has 1 fully saturated rings. The molecule has 1 unspecified atom stereocenters. The SMILES string of the molecule is CC.Cc1ccc(Nc2cc(=O)n(C)cc2NS(=O)C2(CCCO)CC2)cc1. The topological polar surface area (TPSA) is 83.4 Å². The molecule has 1 aliphatic rings. The van der Waals surface area contributed by atoms with Crippen LogP contribution < -0.4 is 15.6 Å². The Morgan fingerprint density at radius 1 is 1.18 bits per heavy atom. The average molecular weight is 406 g/mol. The van der Waals surface area contributed by atoms with Gasteiger partial charge in [0.15, 0.2) is 0 Å². The molecule has 7 heteroatoms. The van der Waals surface area contributed by atoms with E-state index in [0.717, 1.165) is 30.5 Å². The molecule has 0 saturated heterocycles. The molecule has 1 aromatic carbocycles. The minimum absolute atomic E-state index is 0.110. The predicted molar refractivity (Wildman–Crippen MR) is 118 cm³/mol. The number of benzene rings is 1. The third kappa shape index (κ3) is 5.45. The minimum Gasteiger partial charge on any atom is -0.396 e. The number of aryl methyl sites for hydroxylation is 2. The smallest absolute Gasteiger partial charge is 0.252 e. The summed E-state index contributed by atoms with van der Waals surface area (Å²) in [6.45, 7) is 6.12. The van der Waals surface area contributed by atoms with Gasteiger partial charge in [-0.2, -0.15) is 0 Å². The van der Waals surface area contributed by atoms with Crippen LogP contribution >= 0.6 is 0 Å². The van der Waals surface area contributed by atoms with Gasteiger partial charge in [-0.05, 0) is 44.7 Å². The molecule has 1 saturated carbocycles. The lowest BCUT2D eigenvalue weighted by atomic mass is 10.2. The third-order valence-electron chi connectivity index (χ3n) is 4.75. The Morgan fingerprint density at radius 3 is 2.39 bits per heavy atom. The summed E-state index contributed by atoms with van der Waals surface area (Å²) < 4.78 is 17.1. The van der Waals surface area contributed by atoms with Crippen molar-refractivity contribution in [1.29, 1.82) is 0 Å². The zero-order valence-electron chi connectivity index (χ0n) is 17.1. The van der Waals surface area contributed by atoms with E-state index in [0.29, 0.717) is 17.8 Å². The average Bonchev–Trinajstić information content (AvgIpc) is 3.48. The predicted octanol–water partition coefficient (Wildman–Crippen LogP) is 3.84. The van der Waals surface area contributed by atoms with Crippen molar-refractivity contribution in [3.05, 3.63) is 52.4 Å². The number of rotatable bonds is 8. The van der Waals surface area contributed by atoms with E-state index in [1.807, 2.05) is 45.0 Å². The zero-order chi connectivity index (χ0) is 20.7. The highest BCUT2D eigenvalue weighted by Crippen LogP contribution is 2.46. The molecule has 154 valence electrons. The van der Waals surface area contributed by atoms with Gasteiger partial charge in [-0.1, -0.05) is 31.5 Å². The van der Waals surface area contributed by atoms with Crippen molar-refractivity contribution < 1.29 is 9.32 Å². The van der Waals surface area contributed by atoms with Crippen LogP contribution in [0, 0.1) is 6.92 Å². The fourth-order valence-electron chi connectivity index (χ4n) is 2.88. The van der Waals surface area contributed by atoms with Gasteiger partial charge in [-0.3, -0.25) is 4.79 Å². The van der Waals surface area contributed by atoms with Gasteiger partial charge in [0, 0.05) is 31.6 Å². The Hall–Kier alpha value is -2.12. The summed E-state index contributed by atoms with van der Waals surface area (Å²) >= 11 is 0. The normalized spacial score (nSPS) is 15.2. The molecule has 0 amide bonds. The van der Waals surface area contributed by atoms with Crippen LogP contribution in [0.3, 0.4) is 0 Å². The van der Waals surface area contributed by atoms with Crippen LogP contribution in [0.15, 0.2) is 41.3 Å². The minimum atomic E-state index is -1.28. The first-order chi connectivity index (χ1) is 13.4. The molecule has 6 nitrogen and oxygen atoms in total. The Labute approximate surface area is 169 Å². The first-order valence-corrected chi connectivity index (χ1v) is 10.9. The van der Waals surface area contributed by atoms with Crippen LogP contribution in [0.1, 0.15) is 45.1 Å². The van der Waals surface area contributed by atoms with Gasteiger partial charge in [0.2, 0.25) is 0 Å². The number of hydrogen-bond donors (Lipinski definition) is 3. The Balaban J connectivity index is 0.00000136. The van der Waals surface area contributed by atoms with Gasteiger partial charge < -0.3 is 19.7 Å². The summed E-state index contributed by atoms with van der Waals surface area (Å²) in [6, 6.07) is 9.37. The van der Waals surface area contributed by atoms with Crippen LogP contribution in [0.4, 0.5) is 17.1 Å². The highest BCUT2D eigenvalue weighted by molar-refractivity contribution is 7.88. The van der Waals surface area contributed by atoms with E-state index in [1.165, 1.54) is 10.6 Å². The molecule has 0 bridgehead atoms. The molecule has 2 aromatic rings. The maximum Gasteiger partial charge on any atom is 0.252 e. The molecule has 3 rings (SSSR count). The van der Waals surface area contributed by atoms with E-state index in [1.54, 1.807) is 13.2 Å². The van der Waals surface area contributed by atoms with Crippen LogP contribution in [0.5, 0.6) is 0 Å². The van der Waals surface area contributed by atoms with E-state index in [2.05, 4.69) is 10.0 Å². The number of aliphatic hydroxyl groups excluding tert-OH is 1. The van der Waals surface area contributed by atoms with Gasteiger partial charge in [-0.15, -0.1) is 0 Å². The third-order valence-corrected chi connectivity index (χ3v) is 6.56. The van der Waals surface area contributed by atoms with Crippen molar-refractivity contribution in [3.8, 4) is 0 Å². The van der Waals surface area contributed by atoms with Crippen molar-refractivity contribution in [3.63, 3.8) is 0 Å². The number of nitrogens with zero attached hydrogens (tertiary/aromatic N) is 1. The second kappa shape index (κ2) is 9.89. The second-order valence-corrected chi connectivity index (χ2v) is 8.53. The van der Waals surface area contributed by atoms with Crippen molar-refractivity contribution in [1.82, 2.24) is 4.57 Å². The van der Waals surface area contributed by atoms with E-state index in [-0.39, 0.29) is 16.9 Å². The number of pyridine rings is 1. The lowest BCUT2D eigenvalue weighted by molar-refractivity contribution is 0.283. The maximum atomic E-state index is 12.9. The lowest BCUT2D eigenvalue weighted by Crippen LogP contribution is -2.25. The first-order valence-electron chi connectivity index (χ1n) is 9.77. The van der Waals surface area contributed by atoms with Crippen molar-refractivity contribution in [2.24, 2.45) is 7.05 Å². The monoisotopic (exact) mass is 405 g/mol. The van der Waals surface area contributed by atoms with Crippen molar-refractivity contribution >= 4 is 28.0 Å². The van der Waals surface area contributed by atoms with Gasteiger partial charge in [0.1, 0.15) is 11.0 Å². The highest BCUT2D eigenvalue weighted by atomic mass is 32.2. The van der Waals surface area contributed by atoms with Crippen molar-refractivity contribution in [2.45, 2.75) is 51.2 Å². The summed E-state index contributed by atoms with van der Waals surface area (Å²) in [7, 11) is 0.396. The molecule has 0 aliphatic heterocycles. The largest absolute Gasteiger partial charge is 0.396 e.